The van der Waals surface area contributed by atoms with Crippen molar-refractivity contribution in [2.24, 2.45) is 11.8 Å². The Labute approximate surface area is 194 Å². The first kappa shape index (κ1) is 23.8. The molecule has 2 aliphatic heterocycles. The number of hydrogen-bond acceptors (Lipinski definition) is 5. The number of fused-ring (bicyclic) bond motifs is 2. The molecule has 0 bridgehead atoms. The predicted molar refractivity (Wildman–Crippen MR) is 125 cm³/mol. The lowest BCUT2D eigenvalue weighted by Crippen LogP contribution is -2.58. The first-order chi connectivity index (χ1) is 15.4. The van der Waals surface area contributed by atoms with Crippen LogP contribution in [0.25, 0.3) is 0 Å². The highest BCUT2D eigenvalue weighted by molar-refractivity contribution is 7.76. The maximum absolute atomic E-state index is 13.7. The van der Waals surface area contributed by atoms with Gasteiger partial charge in [-0.25, -0.2) is 5.43 Å². The molecule has 7 nitrogen and oxygen atoms in total. The second-order valence-corrected chi connectivity index (χ2v) is 10.8. The number of amides is 1. The number of benzene rings is 1. The minimum absolute atomic E-state index is 0.199. The van der Waals surface area contributed by atoms with Crippen LogP contribution in [0.1, 0.15) is 63.5 Å². The van der Waals surface area contributed by atoms with Crippen LogP contribution < -0.4 is 10.3 Å². The summed E-state index contributed by atoms with van der Waals surface area (Å²) in [6.07, 6.45) is 6.95. The predicted octanol–water partition coefficient (Wildman–Crippen LogP) is 2.47. The fraction of sp³-hybridized carbons (Fsp3) is 0.708. The first-order valence-corrected chi connectivity index (χ1v) is 13.2. The molecule has 0 radical (unpaired) electrons. The number of hydrazine groups is 1. The monoisotopic (exact) mass is 461 g/mol. The second kappa shape index (κ2) is 10.3. The second-order valence-electron chi connectivity index (χ2n) is 10.1. The molecule has 32 heavy (non-hydrogen) atoms. The molecule has 0 aromatic heterocycles. The van der Waals surface area contributed by atoms with E-state index in [4.69, 9.17) is 0 Å². The van der Waals surface area contributed by atoms with Crippen LogP contribution >= 0.6 is 0 Å². The Balaban J connectivity index is 1.43. The van der Waals surface area contributed by atoms with Crippen LogP contribution in [-0.2, 0) is 28.0 Å². The van der Waals surface area contributed by atoms with E-state index in [9.17, 15) is 13.6 Å². The van der Waals surface area contributed by atoms with Crippen molar-refractivity contribution < 1.29 is 13.6 Å². The molecule has 1 aromatic carbocycles. The van der Waals surface area contributed by atoms with Gasteiger partial charge >= 0.3 is 0 Å². The molecule has 1 saturated heterocycles. The molecule has 178 valence electrons. The number of likely N-dealkylation sites (tertiary alicyclic amines) is 1. The summed E-state index contributed by atoms with van der Waals surface area (Å²) >= 11 is -2.36. The zero-order valence-electron chi connectivity index (χ0n) is 19.3. The topological polar surface area (TPSA) is 87.7 Å². The van der Waals surface area contributed by atoms with Crippen LogP contribution in [0.5, 0.6) is 0 Å². The Hall–Kier alpha value is -1.32. The highest BCUT2D eigenvalue weighted by Crippen LogP contribution is 2.44. The van der Waals surface area contributed by atoms with Crippen molar-refractivity contribution in [2.45, 2.75) is 70.4 Å². The molecule has 1 amide bonds. The molecule has 2 heterocycles. The maximum atomic E-state index is 13.7. The van der Waals surface area contributed by atoms with Crippen molar-refractivity contribution in [3.8, 4) is 0 Å². The molecule has 1 atom stereocenters. The molecule has 3 aliphatic rings. The zero-order chi connectivity index (χ0) is 22.7. The van der Waals surface area contributed by atoms with Crippen molar-refractivity contribution in [1.29, 1.82) is 0 Å². The molecule has 1 saturated carbocycles. The van der Waals surface area contributed by atoms with E-state index in [1.165, 1.54) is 36.8 Å². The third-order valence-corrected chi connectivity index (χ3v) is 8.42. The molecule has 1 aliphatic carbocycles. The van der Waals surface area contributed by atoms with Crippen LogP contribution in [0.3, 0.4) is 0 Å². The summed E-state index contributed by atoms with van der Waals surface area (Å²) in [7, 11) is 0. The number of hydrogen-bond donors (Lipinski definition) is 2. The summed E-state index contributed by atoms with van der Waals surface area (Å²) in [6.45, 7) is 8.07. The maximum Gasteiger partial charge on any atom is 0.233 e. The average Bonchev–Trinajstić information content (AvgIpc) is 2.80. The van der Waals surface area contributed by atoms with Crippen LogP contribution in [0, 0.1) is 11.8 Å². The number of rotatable bonds is 7. The summed E-state index contributed by atoms with van der Waals surface area (Å²) in [5.74, 6) is 1.84. The van der Waals surface area contributed by atoms with E-state index < -0.39 is 16.7 Å². The highest BCUT2D eigenvalue weighted by Gasteiger charge is 2.49. The number of piperidine rings is 1. The smallest absolute Gasteiger partial charge is 0.233 e. The van der Waals surface area contributed by atoms with E-state index >= 15 is 0 Å². The van der Waals surface area contributed by atoms with Gasteiger partial charge < -0.3 is 14.4 Å². The summed E-state index contributed by atoms with van der Waals surface area (Å²) < 4.78 is 21.3. The van der Waals surface area contributed by atoms with Crippen molar-refractivity contribution in [3.05, 3.63) is 35.4 Å². The van der Waals surface area contributed by atoms with Crippen molar-refractivity contribution in [1.82, 2.24) is 20.1 Å². The normalized spacial score (nSPS) is 27.0. The summed E-state index contributed by atoms with van der Waals surface area (Å²) in [4.78, 5) is 20.4. The van der Waals surface area contributed by atoms with Gasteiger partial charge in [0.2, 0.25) is 5.91 Å². The first-order valence-electron chi connectivity index (χ1n) is 12.1. The minimum atomic E-state index is -2.36. The number of carbonyl (C=O) groups excluding carboxylic acids is 1. The number of nitrogens with one attached hydrogen (secondary N) is 2. The van der Waals surface area contributed by atoms with Crippen molar-refractivity contribution in [2.75, 3.05) is 26.2 Å². The van der Waals surface area contributed by atoms with E-state index in [0.29, 0.717) is 25.7 Å². The van der Waals surface area contributed by atoms with Crippen LogP contribution in [-0.4, -0.2) is 56.7 Å². The minimum Gasteiger partial charge on any atom is -0.759 e. The third kappa shape index (κ3) is 4.94. The SMILES string of the molecule is CC(C)C1CCC(N2CCC3(CC2)C(=O)N(CCNNS(=O)[O-])Cc2ccccc23)CC1. The van der Waals surface area contributed by atoms with Gasteiger partial charge in [0.15, 0.2) is 0 Å². The number of nitrogens with zero attached hydrogens (tertiary/aromatic N) is 2. The standard InChI is InChI=1S/C24H38N4O3S/c1-18(2)19-7-9-21(10-8-19)27-14-11-24(12-15-27)22-6-4-3-5-20(22)17-28(23(24)29)16-13-25-26-32(30)31/h3-6,18-19,21,25-26H,7-17H2,1-2H3,(H,30,31)/p-1. The molecule has 2 fully saturated rings. The Morgan fingerprint density at radius 1 is 1.16 bits per heavy atom. The van der Waals surface area contributed by atoms with Gasteiger partial charge in [0.1, 0.15) is 0 Å². The molecular weight excluding hydrogens is 424 g/mol. The lowest BCUT2D eigenvalue weighted by atomic mass is 9.67. The van der Waals surface area contributed by atoms with Crippen LogP contribution in [0.4, 0.5) is 0 Å². The Morgan fingerprint density at radius 3 is 2.50 bits per heavy atom. The molecule has 2 N–H and O–H groups in total. The third-order valence-electron chi connectivity index (χ3n) is 8.11. The van der Waals surface area contributed by atoms with Crippen molar-refractivity contribution >= 4 is 17.2 Å². The summed E-state index contributed by atoms with van der Waals surface area (Å²) in [5, 5.41) is 0. The Kier molecular flexibility index (Phi) is 7.67. The molecular formula is C24H37N4O3S-. The molecule has 1 spiro atoms. The summed E-state index contributed by atoms with van der Waals surface area (Å²) in [5.41, 5.74) is 4.64. The van der Waals surface area contributed by atoms with Gasteiger partial charge in [-0.15, -0.1) is 0 Å². The van der Waals surface area contributed by atoms with Gasteiger partial charge in [0, 0.05) is 36.9 Å². The number of carbonyl (C=O) groups is 1. The molecule has 1 unspecified atom stereocenters. The van der Waals surface area contributed by atoms with E-state index in [1.807, 2.05) is 11.0 Å². The summed E-state index contributed by atoms with van der Waals surface area (Å²) in [6, 6.07) is 9.04. The fourth-order valence-electron chi connectivity index (χ4n) is 6.19. The molecule has 1 aromatic rings. The molecule has 8 heteroatoms. The van der Waals surface area contributed by atoms with Gasteiger partial charge in [-0.2, -0.15) is 4.83 Å². The Morgan fingerprint density at radius 2 is 1.84 bits per heavy atom. The van der Waals surface area contributed by atoms with E-state index in [-0.39, 0.29) is 5.91 Å². The van der Waals surface area contributed by atoms with Crippen molar-refractivity contribution in [3.63, 3.8) is 0 Å². The van der Waals surface area contributed by atoms with Gasteiger partial charge in [-0.05, 0) is 74.6 Å². The van der Waals surface area contributed by atoms with Crippen LogP contribution in [0.2, 0.25) is 0 Å². The van der Waals surface area contributed by atoms with Crippen LogP contribution in [0.15, 0.2) is 24.3 Å². The van der Waals surface area contributed by atoms with Gasteiger partial charge in [-0.3, -0.25) is 9.00 Å². The Bertz CT molecular complexity index is 817. The lowest BCUT2D eigenvalue weighted by Gasteiger charge is -2.49. The molecule has 4 rings (SSSR count). The van der Waals surface area contributed by atoms with Gasteiger partial charge in [0.25, 0.3) is 0 Å². The van der Waals surface area contributed by atoms with Gasteiger partial charge in [-0.1, -0.05) is 38.1 Å². The largest absolute Gasteiger partial charge is 0.759 e. The average molecular weight is 462 g/mol. The van der Waals surface area contributed by atoms with E-state index in [2.05, 4.69) is 47.2 Å². The van der Waals surface area contributed by atoms with E-state index in [0.717, 1.165) is 37.8 Å². The zero-order valence-corrected chi connectivity index (χ0v) is 20.2. The lowest BCUT2D eigenvalue weighted by molar-refractivity contribution is -0.142. The van der Waals surface area contributed by atoms with E-state index in [1.54, 1.807) is 0 Å². The highest BCUT2D eigenvalue weighted by atomic mass is 32.2. The fourth-order valence-corrected chi connectivity index (χ4v) is 6.41. The quantitative estimate of drug-likeness (QED) is 0.370. The van der Waals surface area contributed by atoms with Gasteiger partial charge in [0.05, 0.1) is 5.41 Å².